The number of hydrogen-bond donors (Lipinski definition) is 6. The summed E-state index contributed by atoms with van der Waals surface area (Å²) in [6, 6.07) is -1.02. The summed E-state index contributed by atoms with van der Waals surface area (Å²) < 4.78 is 0. The molecule has 5 amide bonds. The van der Waals surface area contributed by atoms with Crippen LogP contribution in [0.15, 0.2) is 33.4 Å². The molecule has 98 heavy (non-hydrogen) atoms. The number of carbonyl (C=O) groups excluding carboxylic acids is 7. The number of rotatable bonds is 60. The molecule has 0 heterocycles. The Balaban J connectivity index is 1.16. The molecule has 2 atom stereocenters. The molecular formula is C85H152N6O7. The lowest BCUT2D eigenvalue weighted by Crippen LogP contribution is -2.47. The predicted octanol–water partition coefficient (Wildman–Crippen LogP) is 20.5. The van der Waals surface area contributed by atoms with Crippen molar-refractivity contribution < 1.29 is 33.6 Å². The van der Waals surface area contributed by atoms with Crippen LogP contribution in [-0.4, -0.2) is 79.4 Å². The van der Waals surface area contributed by atoms with Crippen LogP contribution in [0, 0.1) is 16.2 Å². The van der Waals surface area contributed by atoms with Crippen molar-refractivity contribution in [2.75, 3.05) is 26.2 Å². The SMILES string of the molecule is CC1=C(CCCCCCCCC(=O)CCCCCCC(N)C(=O)CCCCCCCNC(=O)CCCC(=O)NCCCCCNC(=O)C(CCCCNC(=O)CCCCCCCCC2=C(C)CCCC2(C)C)NC(=O)CCCCCCCCC2=C(C)CCCC2(C)C)C(C)(C)CCC1. The number of allylic oxidation sites excluding steroid dienone is 6. The monoisotopic (exact) mass is 1370 g/mol. The van der Waals surface area contributed by atoms with Gasteiger partial charge >= 0.3 is 0 Å². The van der Waals surface area contributed by atoms with Gasteiger partial charge in [0.25, 0.3) is 0 Å². The second kappa shape index (κ2) is 52.8. The molecule has 13 heteroatoms. The van der Waals surface area contributed by atoms with E-state index in [2.05, 4.69) is 88.9 Å². The van der Waals surface area contributed by atoms with E-state index in [9.17, 15) is 33.6 Å². The van der Waals surface area contributed by atoms with Crippen molar-refractivity contribution in [1.82, 2.24) is 26.6 Å². The van der Waals surface area contributed by atoms with E-state index < -0.39 is 12.1 Å². The molecule has 0 fully saturated rings. The zero-order valence-corrected chi connectivity index (χ0v) is 65.1. The molecule has 13 nitrogen and oxygen atoms in total. The predicted molar refractivity (Wildman–Crippen MR) is 411 cm³/mol. The van der Waals surface area contributed by atoms with Crippen LogP contribution in [0.5, 0.6) is 0 Å². The highest BCUT2D eigenvalue weighted by Crippen LogP contribution is 2.45. The van der Waals surface area contributed by atoms with E-state index in [0.29, 0.717) is 119 Å². The van der Waals surface area contributed by atoms with Crippen LogP contribution in [0.4, 0.5) is 0 Å². The van der Waals surface area contributed by atoms with E-state index in [1.54, 1.807) is 33.4 Å². The van der Waals surface area contributed by atoms with Gasteiger partial charge in [0.1, 0.15) is 17.6 Å². The molecule has 0 aliphatic heterocycles. The van der Waals surface area contributed by atoms with E-state index >= 15 is 0 Å². The molecule has 0 radical (unpaired) electrons. The standard InChI is InChI=1S/C85H152N6O7/c1-68-46-43-61-83(4,5)72(68)51-30-18-11-10-17-28-49-71(92)50-29-24-25-33-54-75(86)77(93)56-34-21-16-26-38-64-87-79(95)59-42-60-80(96)88-65-39-27-40-67-90-82(98)76(91-81(97)58-36-23-15-13-20-32-53-74-70(3)48-45-63-85(74,8)9)55-37-41-66-89-78(94)57-35-22-14-12-19-31-52-73-69(2)47-44-62-84(73,6)7/h75-76H,10-67,86H2,1-9H3,(H,87,95)(H,88,96)(H,89,94)(H,90,98)(H,91,97). The number of hydrogen-bond acceptors (Lipinski definition) is 8. The first-order valence-corrected chi connectivity index (χ1v) is 41.3. The molecule has 3 aliphatic rings. The summed E-state index contributed by atoms with van der Waals surface area (Å²) in [5, 5.41) is 15.2. The van der Waals surface area contributed by atoms with Gasteiger partial charge < -0.3 is 32.3 Å². The van der Waals surface area contributed by atoms with Crippen LogP contribution in [-0.2, 0) is 33.6 Å². The number of carbonyl (C=O) groups is 7. The topological polar surface area (TPSA) is 206 Å². The first-order valence-electron chi connectivity index (χ1n) is 41.3. The normalized spacial score (nSPS) is 16.6. The van der Waals surface area contributed by atoms with E-state index in [-0.39, 0.29) is 35.3 Å². The van der Waals surface area contributed by atoms with Crippen LogP contribution in [0.3, 0.4) is 0 Å². The molecule has 2 unspecified atom stereocenters. The van der Waals surface area contributed by atoms with Crippen molar-refractivity contribution in [1.29, 1.82) is 0 Å². The van der Waals surface area contributed by atoms with Gasteiger partial charge in [-0.15, -0.1) is 0 Å². The fourth-order valence-corrected chi connectivity index (χ4v) is 16.2. The molecule has 0 saturated heterocycles. The Bertz CT molecular complexity index is 2380. The Morgan fingerprint density at radius 1 is 0.337 bits per heavy atom. The third-order valence-electron chi connectivity index (χ3n) is 22.6. The fraction of sp³-hybridized carbons (Fsp3) is 0.847. The minimum absolute atomic E-state index is 0.0409. The zero-order valence-electron chi connectivity index (χ0n) is 65.1. The smallest absolute Gasteiger partial charge is 0.242 e. The highest BCUT2D eigenvalue weighted by molar-refractivity contribution is 5.87. The molecule has 0 bridgehead atoms. The van der Waals surface area contributed by atoms with Crippen LogP contribution in [0.25, 0.3) is 0 Å². The number of Topliss-reactive ketones (excluding diaryl/α,β-unsaturated/α-hetero) is 2. The lowest BCUT2D eigenvalue weighted by molar-refractivity contribution is -0.129. The summed E-state index contributed by atoms with van der Waals surface area (Å²) >= 11 is 0. The van der Waals surface area contributed by atoms with Crippen molar-refractivity contribution >= 4 is 41.1 Å². The van der Waals surface area contributed by atoms with Gasteiger partial charge in [0.2, 0.25) is 29.5 Å². The lowest BCUT2D eigenvalue weighted by Gasteiger charge is -2.34. The van der Waals surface area contributed by atoms with Gasteiger partial charge in [-0.25, -0.2) is 0 Å². The van der Waals surface area contributed by atoms with Gasteiger partial charge in [-0.3, -0.25) is 33.6 Å². The maximum Gasteiger partial charge on any atom is 0.242 e. The van der Waals surface area contributed by atoms with E-state index in [1.165, 1.54) is 148 Å². The Morgan fingerprint density at radius 2 is 0.633 bits per heavy atom. The summed E-state index contributed by atoms with van der Waals surface area (Å²) in [6.07, 6.45) is 53.7. The summed E-state index contributed by atoms with van der Waals surface area (Å²) in [5.41, 5.74) is 17.3. The van der Waals surface area contributed by atoms with Crippen molar-refractivity contribution in [2.24, 2.45) is 22.0 Å². The van der Waals surface area contributed by atoms with Crippen LogP contribution >= 0.6 is 0 Å². The number of nitrogens with two attached hydrogens (primary N) is 1. The first kappa shape index (κ1) is 88.1. The fourth-order valence-electron chi connectivity index (χ4n) is 16.2. The molecule has 564 valence electrons. The van der Waals surface area contributed by atoms with Crippen molar-refractivity contribution in [3.8, 4) is 0 Å². The van der Waals surface area contributed by atoms with Crippen LogP contribution in [0.2, 0.25) is 0 Å². The number of nitrogens with one attached hydrogen (secondary N) is 5. The highest BCUT2D eigenvalue weighted by Gasteiger charge is 2.30. The Labute approximate surface area is 601 Å². The van der Waals surface area contributed by atoms with Gasteiger partial charge in [0.05, 0.1) is 6.04 Å². The van der Waals surface area contributed by atoms with Crippen LogP contribution in [0.1, 0.15) is 409 Å². The van der Waals surface area contributed by atoms with E-state index in [4.69, 9.17) is 5.73 Å². The number of amides is 5. The average molecular weight is 1370 g/mol. The van der Waals surface area contributed by atoms with Gasteiger partial charge in [-0.05, 0) is 223 Å². The minimum atomic E-state index is -0.624. The van der Waals surface area contributed by atoms with Gasteiger partial charge in [-0.2, -0.15) is 0 Å². The third-order valence-corrected chi connectivity index (χ3v) is 22.6. The largest absolute Gasteiger partial charge is 0.356 e. The molecule has 0 aromatic heterocycles. The summed E-state index contributed by atoms with van der Waals surface area (Å²) in [6.45, 7) is 23.7. The maximum absolute atomic E-state index is 13.5. The molecule has 3 rings (SSSR count). The van der Waals surface area contributed by atoms with Gasteiger partial charge in [-0.1, -0.05) is 191 Å². The Hall–Kier alpha value is -4.13. The van der Waals surface area contributed by atoms with Crippen molar-refractivity contribution in [3.63, 3.8) is 0 Å². The maximum atomic E-state index is 13.5. The second-order valence-electron chi connectivity index (χ2n) is 32.8. The zero-order chi connectivity index (χ0) is 71.7. The van der Waals surface area contributed by atoms with E-state index in [1.807, 2.05) is 0 Å². The molecule has 0 spiro atoms. The summed E-state index contributed by atoms with van der Waals surface area (Å²) in [5.74, 6) is 0.276. The van der Waals surface area contributed by atoms with Gasteiger partial charge in [0, 0.05) is 71.1 Å². The molecule has 0 aromatic rings. The van der Waals surface area contributed by atoms with E-state index in [0.717, 1.165) is 128 Å². The van der Waals surface area contributed by atoms with Gasteiger partial charge in [0.15, 0.2) is 0 Å². The average Bonchev–Trinajstić information content (AvgIpc) is 0.842. The highest BCUT2D eigenvalue weighted by atomic mass is 16.2. The third kappa shape index (κ3) is 41.1. The lowest BCUT2D eigenvalue weighted by atomic mass is 9.71. The summed E-state index contributed by atoms with van der Waals surface area (Å²) in [7, 11) is 0. The van der Waals surface area contributed by atoms with Crippen molar-refractivity contribution in [3.05, 3.63) is 33.4 Å². The quantitative estimate of drug-likeness (QED) is 0.0255. The number of ketones is 2. The Morgan fingerprint density at radius 3 is 1.04 bits per heavy atom. The Kier molecular flexibility index (Phi) is 47.4. The van der Waals surface area contributed by atoms with Crippen molar-refractivity contribution in [2.45, 2.75) is 421 Å². The molecule has 0 aromatic carbocycles. The molecular weight excluding hydrogens is 1220 g/mol. The summed E-state index contributed by atoms with van der Waals surface area (Å²) in [4.78, 5) is 89.6. The first-order chi connectivity index (χ1) is 47.0. The molecule has 7 N–H and O–H groups in total. The minimum Gasteiger partial charge on any atom is -0.356 e. The second-order valence-corrected chi connectivity index (χ2v) is 32.8. The number of unbranched alkanes of at least 4 members (excludes halogenated alkanes) is 25. The molecule has 3 aliphatic carbocycles. The molecule has 0 saturated carbocycles. The van der Waals surface area contributed by atoms with Crippen LogP contribution < -0.4 is 32.3 Å².